The number of nitrogens with one attached hydrogen (secondary N) is 2. The van der Waals surface area contributed by atoms with Crippen LogP contribution in [0.1, 0.15) is 22.4 Å². The number of amides is 1. The number of aryl methyl sites for hydroxylation is 2. The van der Waals surface area contributed by atoms with Crippen LogP contribution in [0.15, 0.2) is 58.5 Å². The molecular weight excluding hydrogens is 377 g/mol. The topological polar surface area (TPSA) is 74.8 Å². The van der Waals surface area contributed by atoms with Crippen LogP contribution in [0.25, 0.3) is 0 Å². The van der Waals surface area contributed by atoms with E-state index < -0.39 is 0 Å². The number of nitrogens with zero attached hydrogens (tertiary/aromatic N) is 1. The molecule has 0 spiro atoms. The van der Waals surface area contributed by atoms with Gasteiger partial charge < -0.3 is 10.3 Å². The summed E-state index contributed by atoms with van der Waals surface area (Å²) in [6, 6.07) is 13.3. The predicted molar refractivity (Wildman–Crippen MR) is 109 cm³/mol. The maximum atomic E-state index is 13.0. The fourth-order valence-electron chi connectivity index (χ4n) is 2.79. The molecule has 0 saturated carbocycles. The molecule has 2 N–H and O–H groups in total. The Morgan fingerprint density at radius 3 is 2.46 bits per heavy atom. The summed E-state index contributed by atoms with van der Waals surface area (Å²) in [6.07, 6.45) is 0.00101. The molecule has 0 saturated heterocycles. The maximum Gasteiger partial charge on any atom is 0.251 e. The minimum atomic E-state index is -0.314. The van der Waals surface area contributed by atoms with Crippen molar-refractivity contribution >= 4 is 23.4 Å². The van der Waals surface area contributed by atoms with Crippen molar-refractivity contribution in [3.8, 4) is 0 Å². The molecule has 0 aliphatic carbocycles. The Balaban J connectivity index is 1.66. The Kier molecular flexibility index (Phi) is 6.26. The van der Waals surface area contributed by atoms with Crippen LogP contribution in [0.3, 0.4) is 0 Å². The van der Waals surface area contributed by atoms with Gasteiger partial charge in [0.25, 0.3) is 5.56 Å². The number of benzene rings is 2. The number of carbonyl (C=O) groups is 1. The van der Waals surface area contributed by atoms with Crippen molar-refractivity contribution < 1.29 is 9.18 Å². The van der Waals surface area contributed by atoms with Crippen LogP contribution in [0.5, 0.6) is 0 Å². The lowest BCUT2D eigenvalue weighted by atomic mass is 10.1. The zero-order chi connectivity index (χ0) is 20.1. The number of rotatable bonds is 6. The lowest BCUT2D eigenvalue weighted by molar-refractivity contribution is -0.115. The van der Waals surface area contributed by atoms with E-state index in [-0.39, 0.29) is 23.7 Å². The highest BCUT2D eigenvalue weighted by Crippen LogP contribution is 2.19. The van der Waals surface area contributed by atoms with Crippen molar-refractivity contribution in [1.29, 1.82) is 0 Å². The molecule has 0 aliphatic rings. The first-order valence-electron chi connectivity index (χ1n) is 8.73. The number of halogens is 1. The number of carbonyl (C=O) groups excluding carboxylic acids is 1. The average molecular weight is 397 g/mol. The van der Waals surface area contributed by atoms with Crippen molar-refractivity contribution in [1.82, 2.24) is 9.97 Å². The van der Waals surface area contributed by atoms with Gasteiger partial charge in [-0.05, 0) is 54.8 Å². The second-order valence-electron chi connectivity index (χ2n) is 6.56. The predicted octanol–water partition coefficient (Wildman–Crippen LogP) is 4.00. The molecule has 2 aromatic carbocycles. The Hall–Kier alpha value is -2.93. The van der Waals surface area contributed by atoms with Gasteiger partial charge in [0.1, 0.15) is 5.82 Å². The molecule has 28 heavy (non-hydrogen) atoms. The van der Waals surface area contributed by atoms with Crippen molar-refractivity contribution in [3.05, 3.63) is 87.1 Å². The molecule has 0 aliphatic heterocycles. The molecular formula is C21H20FN3O2S. The summed E-state index contributed by atoms with van der Waals surface area (Å²) in [4.78, 5) is 31.3. The highest BCUT2D eigenvalue weighted by molar-refractivity contribution is 7.98. The number of H-pyrrole nitrogens is 1. The molecule has 3 aromatic rings. The van der Waals surface area contributed by atoms with Crippen molar-refractivity contribution in [2.75, 3.05) is 5.32 Å². The summed E-state index contributed by atoms with van der Waals surface area (Å²) in [5.74, 6) is -0.00350. The average Bonchev–Trinajstić information content (AvgIpc) is 2.59. The SMILES string of the molecule is Cc1cc(C)cc(NC(=O)Cc2cc(=O)[nH]c(SCc3ccc(F)cc3)n2)c1. The highest BCUT2D eigenvalue weighted by Gasteiger charge is 2.09. The first kappa shape index (κ1) is 19.8. The van der Waals surface area contributed by atoms with Crippen LogP contribution >= 0.6 is 11.8 Å². The number of aromatic amines is 1. The molecule has 0 unspecified atom stereocenters. The van der Waals surface area contributed by atoms with Gasteiger partial charge in [0.2, 0.25) is 5.91 Å². The smallest absolute Gasteiger partial charge is 0.251 e. The fourth-order valence-corrected chi connectivity index (χ4v) is 3.64. The van der Waals surface area contributed by atoms with Crippen molar-refractivity contribution in [2.24, 2.45) is 0 Å². The van der Waals surface area contributed by atoms with E-state index in [1.165, 1.54) is 30.0 Å². The van der Waals surface area contributed by atoms with Crippen LogP contribution < -0.4 is 10.9 Å². The summed E-state index contributed by atoms with van der Waals surface area (Å²) in [5, 5.41) is 3.26. The molecule has 1 heterocycles. The van der Waals surface area contributed by atoms with Crippen molar-refractivity contribution in [2.45, 2.75) is 31.2 Å². The largest absolute Gasteiger partial charge is 0.326 e. The lowest BCUT2D eigenvalue weighted by Gasteiger charge is -2.08. The Morgan fingerprint density at radius 1 is 1.11 bits per heavy atom. The third-order valence-corrected chi connectivity index (χ3v) is 4.85. The van der Waals surface area contributed by atoms with Crippen LogP contribution in [-0.4, -0.2) is 15.9 Å². The minimum absolute atomic E-state index is 0.00101. The standard InChI is InChI=1S/C21H20FN3O2S/c1-13-7-14(2)9-17(8-13)23-19(26)10-18-11-20(27)25-21(24-18)28-12-15-3-5-16(22)6-4-15/h3-9,11H,10,12H2,1-2H3,(H,23,26)(H,24,25,27). The second-order valence-corrected chi connectivity index (χ2v) is 7.52. The molecule has 0 fully saturated rings. The molecule has 7 heteroatoms. The molecule has 0 bridgehead atoms. The molecule has 1 amide bonds. The molecule has 3 rings (SSSR count). The zero-order valence-electron chi connectivity index (χ0n) is 15.6. The van der Waals surface area contributed by atoms with Crippen LogP contribution in [0, 0.1) is 19.7 Å². The maximum absolute atomic E-state index is 13.0. The first-order chi connectivity index (χ1) is 13.4. The highest BCUT2D eigenvalue weighted by atomic mass is 32.2. The van der Waals surface area contributed by atoms with Gasteiger partial charge in [0.15, 0.2) is 5.16 Å². The van der Waals surface area contributed by atoms with Crippen LogP contribution in [0.2, 0.25) is 0 Å². The Morgan fingerprint density at radius 2 is 1.79 bits per heavy atom. The minimum Gasteiger partial charge on any atom is -0.326 e. The van der Waals surface area contributed by atoms with E-state index in [0.29, 0.717) is 16.6 Å². The number of hydrogen-bond acceptors (Lipinski definition) is 4. The Bertz CT molecular complexity index is 1030. The first-order valence-corrected chi connectivity index (χ1v) is 9.71. The molecule has 0 radical (unpaired) electrons. The third-order valence-electron chi connectivity index (χ3n) is 3.91. The van der Waals surface area contributed by atoms with Gasteiger partial charge in [-0.3, -0.25) is 9.59 Å². The molecule has 0 atom stereocenters. The van der Waals surface area contributed by atoms with Crippen molar-refractivity contribution in [3.63, 3.8) is 0 Å². The van der Waals surface area contributed by atoms with Gasteiger partial charge in [-0.1, -0.05) is 30.0 Å². The van der Waals surface area contributed by atoms with Gasteiger partial charge in [-0.25, -0.2) is 9.37 Å². The van der Waals surface area contributed by atoms with Gasteiger partial charge in [-0.2, -0.15) is 0 Å². The Labute approximate surface area is 166 Å². The third kappa shape index (κ3) is 5.79. The van der Waals surface area contributed by atoms with E-state index in [0.717, 1.165) is 22.4 Å². The lowest BCUT2D eigenvalue weighted by Crippen LogP contribution is -2.18. The quantitative estimate of drug-likeness (QED) is 0.487. The van der Waals surface area contributed by atoms with E-state index in [2.05, 4.69) is 15.3 Å². The number of aromatic nitrogens is 2. The number of anilines is 1. The molecule has 1 aromatic heterocycles. The second kappa shape index (κ2) is 8.84. The fraction of sp³-hybridized carbons (Fsp3) is 0.190. The molecule has 5 nitrogen and oxygen atoms in total. The normalized spacial score (nSPS) is 10.7. The van der Waals surface area contributed by atoms with Crippen LogP contribution in [0.4, 0.5) is 10.1 Å². The van der Waals surface area contributed by atoms with Gasteiger partial charge in [-0.15, -0.1) is 0 Å². The zero-order valence-corrected chi connectivity index (χ0v) is 16.4. The summed E-state index contributed by atoms with van der Waals surface area (Å²) >= 11 is 1.32. The number of hydrogen-bond donors (Lipinski definition) is 2. The molecule has 144 valence electrons. The van der Waals surface area contributed by atoms with Crippen LogP contribution in [-0.2, 0) is 17.0 Å². The number of thioether (sulfide) groups is 1. The van der Waals surface area contributed by atoms with Gasteiger partial charge >= 0.3 is 0 Å². The monoisotopic (exact) mass is 397 g/mol. The summed E-state index contributed by atoms with van der Waals surface area (Å²) < 4.78 is 13.0. The summed E-state index contributed by atoms with van der Waals surface area (Å²) in [5.41, 5.74) is 3.83. The van der Waals surface area contributed by atoms with E-state index in [4.69, 9.17) is 0 Å². The summed E-state index contributed by atoms with van der Waals surface area (Å²) in [7, 11) is 0. The van der Waals surface area contributed by atoms with Gasteiger partial charge in [0.05, 0.1) is 12.1 Å². The van der Waals surface area contributed by atoms with E-state index in [1.807, 2.05) is 32.0 Å². The van der Waals surface area contributed by atoms with E-state index in [9.17, 15) is 14.0 Å². The van der Waals surface area contributed by atoms with Gasteiger partial charge in [0, 0.05) is 17.5 Å². The van der Waals surface area contributed by atoms with E-state index in [1.54, 1.807) is 12.1 Å². The van der Waals surface area contributed by atoms with E-state index >= 15 is 0 Å². The summed E-state index contributed by atoms with van der Waals surface area (Å²) in [6.45, 7) is 3.93.